The van der Waals surface area contributed by atoms with Gasteiger partial charge in [-0.25, -0.2) is 0 Å². The maximum absolute atomic E-state index is 3.66. The Bertz CT molecular complexity index is 279. The number of nitrogens with one attached hydrogen (secondary N) is 1. The molecule has 1 nitrogen and oxygen atoms in total. The number of hydrogen-bond donors (Lipinski definition) is 1. The average molecular weight is 247 g/mol. The summed E-state index contributed by atoms with van der Waals surface area (Å²) in [7, 11) is 2.21. The van der Waals surface area contributed by atoms with Gasteiger partial charge in [0.25, 0.3) is 0 Å². The predicted molar refractivity (Wildman–Crippen MR) is 75.3 cm³/mol. The van der Waals surface area contributed by atoms with E-state index in [1.165, 1.54) is 25.7 Å². The van der Waals surface area contributed by atoms with Gasteiger partial charge in [0.15, 0.2) is 0 Å². The summed E-state index contributed by atoms with van der Waals surface area (Å²) in [6.45, 7) is 0. The van der Waals surface area contributed by atoms with E-state index in [2.05, 4.69) is 12.4 Å². The third-order valence-corrected chi connectivity index (χ3v) is 7.04. The van der Waals surface area contributed by atoms with Crippen molar-refractivity contribution in [2.24, 2.45) is 35.5 Å². The maximum Gasteiger partial charge on any atom is 0.00951 e. The highest BCUT2D eigenvalue weighted by molar-refractivity contribution is 4.99. The highest BCUT2D eigenvalue weighted by Crippen LogP contribution is 2.58. The Morgan fingerprint density at radius 3 is 2.00 bits per heavy atom. The molecular formula is C17H29N. The molecule has 0 spiro atoms. The fraction of sp³-hybridized carbons (Fsp3) is 1.00. The van der Waals surface area contributed by atoms with Crippen LogP contribution < -0.4 is 5.32 Å². The van der Waals surface area contributed by atoms with Gasteiger partial charge in [0, 0.05) is 6.04 Å². The summed E-state index contributed by atoms with van der Waals surface area (Å²) in [5, 5.41) is 3.66. The van der Waals surface area contributed by atoms with Crippen LogP contribution in [0.3, 0.4) is 0 Å². The van der Waals surface area contributed by atoms with Crippen LogP contribution in [-0.4, -0.2) is 13.1 Å². The van der Waals surface area contributed by atoms with Crippen molar-refractivity contribution in [2.75, 3.05) is 7.05 Å². The van der Waals surface area contributed by atoms with Gasteiger partial charge >= 0.3 is 0 Å². The van der Waals surface area contributed by atoms with Gasteiger partial charge in [0.1, 0.15) is 0 Å². The van der Waals surface area contributed by atoms with Crippen molar-refractivity contribution in [3.05, 3.63) is 0 Å². The Labute approximate surface area is 112 Å². The van der Waals surface area contributed by atoms with Gasteiger partial charge in [-0.05, 0) is 93.9 Å². The summed E-state index contributed by atoms with van der Waals surface area (Å²) in [6.07, 6.45) is 14.0. The molecule has 0 aliphatic heterocycles. The molecule has 1 atom stereocenters. The van der Waals surface area contributed by atoms with Crippen molar-refractivity contribution in [2.45, 2.75) is 63.8 Å². The van der Waals surface area contributed by atoms with Crippen molar-refractivity contribution in [3.63, 3.8) is 0 Å². The molecule has 0 aromatic heterocycles. The molecule has 5 fully saturated rings. The standard InChI is InChI=1S/C17H29N/c1-18-17(13-3-2-4-13)10-16-14-6-11-5-12(8-14)9-15(16)7-11/h11-18H,2-10H2,1H3. The molecule has 1 heteroatoms. The molecule has 0 radical (unpaired) electrons. The normalized spacial score (nSPS) is 48.2. The van der Waals surface area contributed by atoms with E-state index in [0.29, 0.717) is 0 Å². The molecule has 1 unspecified atom stereocenters. The fourth-order valence-electron chi connectivity index (χ4n) is 6.10. The second kappa shape index (κ2) is 4.51. The zero-order valence-electron chi connectivity index (χ0n) is 11.9. The SMILES string of the molecule is CNC(CC1C2CC3CC(C2)CC1C3)C1CCC1. The van der Waals surface area contributed by atoms with Crippen LogP contribution in [0.25, 0.3) is 0 Å². The van der Waals surface area contributed by atoms with E-state index in [4.69, 9.17) is 0 Å². The first kappa shape index (κ1) is 11.8. The molecule has 1 N–H and O–H groups in total. The minimum atomic E-state index is 0.848. The Hall–Kier alpha value is -0.0400. The number of hydrogen-bond acceptors (Lipinski definition) is 1. The Morgan fingerprint density at radius 2 is 1.56 bits per heavy atom. The van der Waals surface area contributed by atoms with Gasteiger partial charge in [0.2, 0.25) is 0 Å². The van der Waals surface area contributed by atoms with Crippen LogP contribution in [0.1, 0.15) is 57.8 Å². The van der Waals surface area contributed by atoms with Crippen molar-refractivity contribution in [1.29, 1.82) is 0 Å². The molecule has 0 amide bonds. The lowest BCUT2D eigenvalue weighted by atomic mass is 9.50. The summed E-state index contributed by atoms with van der Waals surface area (Å²) in [5.41, 5.74) is 0. The van der Waals surface area contributed by atoms with E-state index >= 15 is 0 Å². The molecule has 5 saturated carbocycles. The second-order valence-corrected chi connectivity index (χ2v) is 7.92. The minimum absolute atomic E-state index is 0.848. The van der Waals surface area contributed by atoms with Gasteiger partial charge in [-0.2, -0.15) is 0 Å². The summed E-state index contributed by atoms with van der Waals surface area (Å²) >= 11 is 0. The van der Waals surface area contributed by atoms with Gasteiger partial charge in [-0.3, -0.25) is 0 Å². The summed E-state index contributed by atoms with van der Waals surface area (Å²) < 4.78 is 0. The molecule has 5 rings (SSSR count). The monoisotopic (exact) mass is 247 g/mol. The molecule has 0 aromatic rings. The van der Waals surface area contributed by atoms with Gasteiger partial charge in [-0.15, -0.1) is 0 Å². The minimum Gasteiger partial charge on any atom is -0.317 e. The van der Waals surface area contributed by atoms with Crippen LogP contribution in [0.5, 0.6) is 0 Å². The molecule has 102 valence electrons. The first-order valence-electron chi connectivity index (χ1n) is 8.50. The van der Waals surface area contributed by atoms with E-state index in [1.807, 2.05) is 0 Å². The van der Waals surface area contributed by atoms with Crippen molar-refractivity contribution < 1.29 is 0 Å². The van der Waals surface area contributed by atoms with Crippen molar-refractivity contribution in [3.8, 4) is 0 Å². The first-order chi connectivity index (χ1) is 8.83. The molecule has 18 heavy (non-hydrogen) atoms. The van der Waals surface area contributed by atoms with E-state index in [9.17, 15) is 0 Å². The van der Waals surface area contributed by atoms with Gasteiger partial charge in [0.05, 0.1) is 0 Å². The molecule has 5 aliphatic carbocycles. The zero-order chi connectivity index (χ0) is 12.1. The highest BCUT2D eigenvalue weighted by Gasteiger charge is 2.48. The Morgan fingerprint density at radius 1 is 0.944 bits per heavy atom. The molecular weight excluding hydrogens is 218 g/mol. The quantitative estimate of drug-likeness (QED) is 0.796. The lowest BCUT2D eigenvalue weighted by Gasteiger charge is -2.55. The lowest BCUT2D eigenvalue weighted by molar-refractivity contribution is -0.0469. The van der Waals surface area contributed by atoms with E-state index < -0.39 is 0 Å². The van der Waals surface area contributed by atoms with Gasteiger partial charge < -0.3 is 5.32 Å². The van der Waals surface area contributed by atoms with Crippen LogP contribution in [0.15, 0.2) is 0 Å². The van der Waals surface area contributed by atoms with Crippen molar-refractivity contribution >= 4 is 0 Å². The summed E-state index contributed by atoms with van der Waals surface area (Å²) in [4.78, 5) is 0. The third-order valence-electron chi connectivity index (χ3n) is 7.04. The zero-order valence-corrected chi connectivity index (χ0v) is 11.9. The number of rotatable bonds is 4. The highest BCUT2D eigenvalue weighted by atomic mass is 14.9. The smallest absolute Gasteiger partial charge is 0.00951 e. The van der Waals surface area contributed by atoms with Crippen molar-refractivity contribution in [1.82, 2.24) is 5.32 Å². The van der Waals surface area contributed by atoms with E-state index in [1.54, 1.807) is 32.1 Å². The van der Waals surface area contributed by atoms with Crippen LogP contribution in [0.4, 0.5) is 0 Å². The Kier molecular flexibility index (Phi) is 2.94. The molecule has 4 bridgehead atoms. The fourth-order valence-corrected chi connectivity index (χ4v) is 6.10. The maximum atomic E-state index is 3.66. The van der Waals surface area contributed by atoms with Crippen LogP contribution in [0.2, 0.25) is 0 Å². The lowest BCUT2D eigenvalue weighted by Crippen LogP contribution is -2.48. The topological polar surface area (TPSA) is 12.0 Å². The molecule has 0 heterocycles. The molecule has 0 saturated heterocycles. The summed E-state index contributed by atoms with van der Waals surface area (Å²) in [6, 6.07) is 0.848. The third kappa shape index (κ3) is 1.85. The van der Waals surface area contributed by atoms with E-state index in [0.717, 1.165) is 41.5 Å². The largest absolute Gasteiger partial charge is 0.317 e. The van der Waals surface area contributed by atoms with Crippen LogP contribution in [-0.2, 0) is 0 Å². The molecule has 5 aliphatic rings. The Balaban J connectivity index is 1.44. The molecule has 0 aromatic carbocycles. The van der Waals surface area contributed by atoms with Crippen LogP contribution in [0, 0.1) is 35.5 Å². The average Bonchev–Trinajstić information content (AvgIpc) is 2.28. The summed E-state index contributed by atoms with van der Waals surface area (Å²) in [5.74, 6) is 6.64. The van der Waals surface area contributed by atoms with Crippen LogP contribution >= 0.6 is 0 Å². The first-order valence-corrected chi connectivity index (χ1v) is 8.50. The predicted octanol–water partition coefficient (Wildman–Crippen LogP) is 3.84. The second-order valence-electron chi connectivity index (χ2n) is 7.92. The van der Waals surface area contributed by atoms with Gasteiger partial charge in [-0.1, -0.05) is 6.42 Å². The van der Waals surface area contributed by atoms with E-state index in [-0.39, 0.29) is 0 Å².